The molecule has 1 fully saturated rings. The van der Waals surface area contributed by atoms with Crippen LogP contribution >= 0.6 is 0 Å². The summed E-state index contributed by atoms with van der Waals surface area (Å²) in [7, 11) is 0. The van der Waals surface area contributed by atoms with Gasteiger partial charge in [-0.05, 0) is 30.2 Å². The van der Waals surface area contributed by atoms with Crippen LogP contribution in [0.5, 0.6) is 0 Å². The van der Waals surface area contributed by atoms with Crippen molar-refractivity contribution in [3.8, 4) is 0 Å². The first-order valence-corrected chi connectivity index (χ1v) is 6.75. The zero-order valence-corrected chi connectivity index (χ0v) is 10.8. The van der Waals surface area contributed by atoms with E-state index in [9.17, 15) is 4.79 Å². The molecule has 2 rings (SSSR count). The average Bonchev–Trinajstić information content (AvgIpc) is 2.34. The van der Waals surface area contributed by atoms with Gasteiger partial charge >= 0.3 is 0 Å². The molecule has 3 heteroatoms. The maximum absolute atomic E-state index is 11.5. The first-order chi connectivity index (χ1) is 8.74. The molecule has 1 saturated carbocycles. The highest BCUT2D eigenvalue weighted by Crippen LogP contribution is 2.43. The van der Waals surface area contributed by atoms with Crippen molar-refractivity contribution in [2.75, 3.05) is 13.1 Å². The lowest BCUT2D eigenvalue weighted by molar-refractivity contribution is -0.121. The molecule has 3 nitrogen and oxygen atoms in total. The largest absolute Gasteiger partial charge is 0.355 e. The van der Waals surface area contributed by atoms with Crippen LogP contribution in [0.25, 0.3) is 0 Å². The van der Waals surface area contributed by atoms with E-state index in [0.717, 1.165) is 13.0 Å². The van der Waals surface area contributed by atoms with Crippen molar-refractivity contribution >= 4 is 5.91 Å². The van der Waals surface area contributed by atoms with E-state index in [1.165, 1.54) is 24.8 Å². The van der Waals surface area contributed by atoms with Crippen LogP contribution in [0.2, 0.25) is 0 Å². The van der Waals surface area contributed by atoms with Crippen molar-refractivity contribution in [3.05, 3.63) is 35.9 Å². The third kappa shape index (κ3) is 3.33. The Bertz CT molecular complexity index is 385. The first-order valence-electron chi connectivity index (χ1n) is 6.75. The quantitative estimate of drug-likeness (QED) is 0.805. The summed E-state index contributed by atoms with van der Waals surface area (Å²) in [5.74, 6) is 0.0804. The third-order valence-corrected chi connectivity index (χ3v) is 3.87. The van der Waals surface area contributed by atoms with Crippen LogP contribution in [0.4, 0.5) is 0 Å². The van der Waals surface area contributed by atoms with E-state index in [2.05, 4.69) is 29.6 Å². The van der Waals surface area contributed by atoms with Crippen LogP contribution in [0.15, 0.2) is 30.3 Å². The summed E-state index contributed by atoms with van der Waals surface area (Å²) in [6.45, 7) is 1.22. The van der Waals surface area contributed by atoms with Crippen LogP contribution < -0.4 is 11.1 Å². The van der Waals surface area contributed by atoms with Gasteiger partial charge in [0.1, 0.15) is 0 Å². The Hall–Kier alpha value is -1.35. The highest BCUT2D eigenvalue weighted by Gasteiger charge is 2.37. The van der Waals surface area contributed by atoms with Gasteiger partial charge in [-0.3, -0.25) is 4.79 Å². The molecule has 0 bridgehead atoms. The van der Waals surface area contributed by atoms with Crippen LogP contribution in [0, 0.1) is 5.41 Å². The monoisotopic (exact) mass is 246 g/mol. The normalized spacial score (nSPS) is 16.9. The molecule has 1 aliphatic carbocycles. The molecule has 1 amide bonds. The molecule has 18 heavy (non-hydrogen) atoms. The second kappa shape index (κ2) is 6.01. The summed E-state index contributed by atoms with van der Waals surface area (Å²) in [4.78, 5) is 11.5. The van der Waals surface area contributed by atoms with Crippen LogP contribution in [-0.4, -0.2) is 19.0 Å². The molecule has 0 spiro atoms. The Morgan fingerprint density at radius 2 is 2.00 bits per heavy atom. The standard InChI is InChI=1S/C15H22N2O/c16-10-7-14(18)17-12-15(8-4-9-15)11-13-5-2-1-3-6-13/h1-3,5-6H,4,7-12,16H2,(H,17,18). The van der Waals surface area contributed by atoms with Crippen molar-refractivity contribution in [2.45, 2.75) is 32.1 Å². The first kappa shape index (κ1) is 13.1. The molecule has 98 valence electrons. The van der Waals surface area contributed by atoms with Gasteiger partial charge in [0.15, 0.2) is 0 Å². The topological polar surface area (TPSA) is 55.1 Å². The van der Waals surface area contributed by atoms with Crippen molar-refractivity contribution in [1.82, 2.24) is 5.32 Å². The maximum atomic E-state index is 11.5. The van der Waals surface area contributed by atoms with Crippen molar-refractivity contribution in [3.63, 3.8) is 0 Å². The predicted molar refractivity (Wildman–Crippen MR) is 73.1 cm³/mol. The van der Waals surface area contributed by atoms with Gasteiger partial charge in [-0.2, -0.15) is 0 Å². The summed E-state index contributed by atoms with van der Waals surface area (Å²) in [6.07, 6.45) is 5.20. The fourth-order valence-electron chi connectivity index (χ4n) is 2.63. The Labute approximate surface area is 109 Å². The maximum Gasteiger partial charge on any atom is 0.221 e. The smallest absolute Gasteiger partial charge is 0.221 e. The molecule has 0 saturated heterocycles. The van der Waals surface area contributed by atoms with E-state index in [1.54, 1.807) is 0 Å². The second-order valence-corrected chi connectivity index (χ2v) is 5.33. The van der Waals surface area contributed by atoms with E-state index in [1.807, 2.05) is 6.07 Å². The number of carbonyl (C=O) groups is 1. The predicted octanol–water partition coefficient (Wildman–Crippen LogP) is 1.86. The fraction of sp³-hybridized carbons (Fsp3) is 0.533. The highest BCUT2D eigenvalue weighted by atomic mass is 16.1. The van der Waals surface area contributed by atoms with Crippen LogP contribution in [0.3, 0.4) is 0 Å². The Morgan fingerprint density at radius 3 is 2.56 bits per heavy atom. The van der Waals surface area contributed by atoms with Crippen molar-refractivity contribution < 1.29 is 4.79 Å². The minimum absolute atomic E-state index is 0.0804. The number of hydrogen-bond donors (Lipinski definition) is 2. The number of nitrogens with two attached hydrogens (primary N) is 1. The van der Waals surface area contributed by atoms with E-state index < -0.39 is 0 Å². The van der Waals surface area contributed by atoms with Crippen LogP contribution in [0.1, 0.15) is 31.2 Å². The van der Waals surface area contributed by atoms with E-state index in [4.69, 9.17) is 5.73 Å². The molecular weight excluding hydrogens is 224 g/mol. The lowest BCUT2D eigenvalue weighted by atomic mass is 9.65. The van der Waals surface area contributed by atoms with Crippen LogP contribution in [-0.2, 0) is 11.2 Å². The molecule has 1 aromatic rings. The minimum Gasteiger partial charge on any atom is -0.355 e. The SMILES string of the molecule is NCCC(=O)NCC1(Cc2ccccc2)CCC1. The third-order valence-electron chi connectivity index (χ3n) is 3.87. The summed E-state index contributed by atoms with van der Waals surface area (Å²) >= 11 is 0. The summed E-state index contributed by atoms with van der Waals surface area (Å²) in [5.41, 5.74) is 7.03. The Kier molecular flexibility index (Phi) is 4.37. The summed E-state index contributed by atoms with van der Waals surface area (Å²) in [6, 6.07) is 10.5. The number of nitrogens with one attached hydrogen (secondary N) is 1. The molecule has 0 aromatic heterocycles. The zero-order valence-electron chi connectivity index (χ0n) is 10.8. The van der Waals surface area contributed by atoms with Gasteiger partial charge in [0, 0.05) is 19.5 Å². The second-order valence-electron chi connectivity index (χ2n) is 5.33. The van der Waals surface area contributed by atoms with Gasteiger partial charge in [-0.25, -0.2) is 0 Å². The average molecular weight is 246 g/mol. The lowest BCUT2D eigenvalue weighted by Gasteiger charge is -2.42. The lowest BCUT2D eigenvalue weighted by Crippen LogP contribution is -2.44. The van der Waals surface area contributed by atoms with Gasteiger partial charge < -0.3 is 11.1 Å². The molecule has 0 atom stereocenters. The van der Waals surface area contributed by atoms with E-state index >= 15 is 0 Å². The van der Waals surface area contributed by atoms with Gasteiger partial charge in [-0.1, -0.05) is 36.8 Å². The van der Waals surface area contributed by atoms with E-state index in [-0.39, 0.29) is 11.3 Å². The molecule has 1 aliphatic rings. The molecular formula is C15H22N2O. The van der Waals surface area contributed by atoms with Crippen molar-refractivity contribution in [1.29, 1.82) is 0 Å². The molecule has 0 heterocycles. The van der Waals surface area contributed by atoms with Gasteiger partial charge in [0.2, 0.25) is 5.91 Å². The number of amides is 1. The van der Waals surface area contributed by atoms with Gasteiger partial charge in [-0.15, -0.1) is 0 Å². The molecule has 0 aliphatic heterocycles. The Morgan fingerprint density at radius 1 is 1.28 bits per heavy atom. The summed E-state index contributed by atoms with van der Waals surface area (Å²) < 4.78 is 0. The number of hydrogen-bond acceptors (Lipinski definition) is 2. The number of benzene rings is 1. The number of rotatable bonds is 6. The molecule has 0 unspecified atom stereocenters. The highest BCUT2D eigenvalue weighted by molar-refractivity contribution is 5.76. The van der Waals surface area contributed by atoms with Gasteiger partial charge in [0.05, 0.1) is 0 Å². The molecule has 1 aromatic carbocycles. The molecule has 0 radical (unpaired) electrons. The minimum atomic E-state index is 0.0804. The Balaban J connectivity index is 1.88. The number of carbonyl (C=O) groups excluding carboxylic acids is 1. The molecule has 3 N–H and O–H groups in total. The fourth-order valence-corrected chi connectivity index (χ4v) is 2.63. The zero-order chi connectivity index (χ0) is 12.8. The van der Waals surface area contributed by atoms with Gasteiger partial charge in [0.25, 0.3) is 0 Å². The van der Waals surface area contributed by atoms with Crippen molar-refractivity contribution in [2.24, 2.45) is 11.1 Å². The summed E-state index contributed by atoms with van der Waals surface area (Å²) in [5, 5.41) is 3.03. The van der Waals surface area contributed by atoms with E-state index in [0.29, 0.717) is 13.0 Å².